The van der Waals surface area contributed by atoms with Gasteiger partial charge in [-0.3, -0.25) is 0 Å². The summed E-state index contributed by atoms with van der Waals surface area (Å²) in [5.74, 6) is 0.285. The van der Waals surface area contributed by atoms with Crippen molar-refractivity contribution in [3.63, 3.8) is 0 Å². The molecule has 0 unspecified atom stereocenters. The lowest BCUT2D eigenvalue weighted by Crippen LogP contribution is -2.34. The third-order valence-corrected chi connectivity index (χ3v) is 4.72. The van der Waals surface area contributed by atoms with Crippen LogP contribution in [0.3, 0.4) is 0 Å². The van der Waals surface area contributed by atoms with E-state index in [-0.39, 0.29) is 10.8 Å². The molecule has 0 N–H and O–H groups in total. The van der Waals surface area contributed by atoms with E-state index < -0.39 is 10.0 Å². The van der Waals surface area contributed by atoms with E-state index in [1.54, 1.807) is 24.3 Å². The maximum absolute atomic E-state index is 12.4. The standard InChI is InChI=1S/C14H20N2O2S/c1-4-16(11-12(2)3)19(17,18)14-7-5-13(6-8-14)9-10-15/h5-8,12H,4,9,11H2,1-3H3. The fourth-order valence-electron chi connectivity index (χ4n) is 1.82. The molecule has 0 fully saturated rings. The molecule has 1 rings (SSSR count). The van der Waals surface area contributed by atoms with Gasteiger partial charge < -0.3 is 0 Å². The van der Waals surface area contributed by atoms with Gasteiger partial charge in [-0.25, -0.2) is 8.42 Å². The zero-order chi connectivity index (χ0) is 14.5. The van der Waals surface area contributed by atoms with Crippen LogP contribution in [0.4, 0.5) is 0 Å². The van der Waals surface area contributed by atoms with Gasteiger partial charge in [0.1, 0.15) is 0 Å². The van der Waals surface area contributed by atoms with Gasteiger partial charge in [0.05, 0.1) is 17.4 Å². The van der Waals surface area contributed by atoms with Crippen molar-refractivity contribution >= 4 is 10.0 Å². The average molecular weight is 280 g/mol. The van der Waals surface area contributed by atoms with Crippen molar-refractivity contribution in [2.75, 3.05) is 13.1 Å². The Morgan fingerprint density at radius 3 is 2.26 bits per heavy atom. The van der Waals surface area contributed by atoms with Crippen LogP contribution < -0.4 is 0 Å². The molecule has 5 heteroatoms. The van der Waals surface area contributed by atoms with Gasteiger partial charge >= 0.3 is 0 Å². The summed E-state index contributed by atoms with van der Waals surface area (Å²) >= 11 is 0. The largest absolute Gasteiger partial charge is 0.243 e. The first-order chi connectivity index (χ1) is 8.91. The van der Waals surface area contributed by atoms with Crippen LogP contribution in [0.1, 0.15) is 26.3 Å². The summed E-state index contributed by atoms with van der Waals surface area (Å²) in [5, 5.41) is 8.60. The number of hydrogen-bond donors (Lipinski definition) is 0. The lowest BCUT2D eigenvalue weighted by molar-refractivity contribution is 0.381. The Kier molecular flexibility index (Phi) is 5.52. The quantitative estimate of drug-likeness (QED) is 0.804. The second kappa shape index (κ2) is 6.69. The first-order valence-electron chi connectivity index (χ1n) is 6.37. The van der Waals surface area contributed by atoms with E-state index in [0.29, 0.717) is 19.5 Å². The van der Waals surface area contributed by atoms with Crippen molar-refractivity contribution in [3.05, 3.63) is 29.8 Å². The highest BCUT2D eigenvalue weighted by molar-refractivity contribution is 7.89. The molecule has 0 amide bonds. The zero-order valence-corrected chi connectivity index (χ0v) is 12.4. The Labute approximate surface area is 115 Å². The Hall–Kier alpha value is -1.38. The third kappa shape index (κ3) is 4.05. The molecule has 0 heterocycles. The van der Waals surface area contributed by atoms with Crippen LogP contribution in [-0.2, 0) is 16.4 Å². The molecule has 0 aliphatic heterocycles. The highest BCUT2D eigenvalue weighted by atomic mass is 32.2. The molecule has 4 nitrogen and oxygen atoms in total. The summed E-state index contributed by atoms with van der Waals surface area (Å²) < 4.78 is 26.3. The number of hydrogen-bond acceptors (Lipinski definition) is 3. The van der Waals surface area contributed by atoms with Gasteiger partial charge in [0, 0.05) is 13.1 Å². The number of rotatable bonds is 6. The Balaban J connectivity index is 3.02. The van der Waals surface area contributed by atoms with Crippen molar-refractivity contribution in [2.24, 2.45) is 5.92 Å². The van der Waals surface area contributed by atoms with Crippen LogP contribution in [0.2, 0.25) is 0 Å². The fraction of sp³-hybridized carbons (Fsp3) is 0.500. The minimum atomic E-state index is -3.43. The predicted molar refractivity (Wildman–Crippen MR) is 75.0 cm³/mol. The molecular weight excluding hydrogens is 260 g/mol. The Bertz CT molecular complexity index is 542. The van der Waals surface area contributed by atoms with Gasteiger partial charge in [0.15, 0.2) is 0 Å². The van der Waals surface area contributed by atoms with Gasteiger partial charge in [0.2, 0.25) is 10.0 Å². The highest BCUT2D eigenvalue weighted by Crippen LogP contribution is 2.17. The molecule has 0 radical (unpaired) electrons. The second-order valence-electron chi connectivity index (χ2n) is 4.83. The van der Waals surface area contributed by atoms with Gasteiger partial charge in [-0.15, -0.1) is 0 Å². The summed E-state index contributed by atoms with van der Waals surface area (Å²) in [6.07, 6.45) is 0.295. The number of benzene rings is 1. The minimum absolute atomic E-state index is 0.285. The maximum atomic E-state index is 12.4. The molecule has 1 aromatic carbocycles. The van der Waals surface area contributed by atoms with E-state index in [4.69, 9.17) is 5.26 Å². The molecule has 0 atom stereocenters. The molecule has 19 heavy (non-hydrogen) atoms. The van der Waals surface area contributed by atoms with E-state index in [1.165, 1.54) is 4.31 Å². The van der Waals surface area contributed by atoms with Crippen molar-refractivity contribution in [1.29, 1.82) is 5.26 Å². The molecule has 0 aliphatic rings. The van der Waals surface area contributed by atoms with Crippen LogP contribution in [0.25, 0.3) is 0 Å². The molecular formula is C14H20N2O2S. The van der Waals surface area contributed by atoms with E-state index >= 15 is 0 Å². The van der Waals surface area contributed by atoms with Gasteiger partial charge in [-0.1, -0.05) is 32.9 Å². The van der Waals surface area contributed by atoms with Crippen LogP contribution in [0.15, 0.2) is 29.2 Å². The smallest absolute Gasteiger partial charge is 0.207 e. The summed E-state index contributed by atoms with van der Waals surface area (Å²) in [5.41, 5.74) is 0.827. The second-order valence-corrected chi connectivity index (χ2v) is 6.77. The summed E-state index contributed by atoms with van der Waals surface area (Å²) in [6.45, 7) is 6.80. The van der Waals surface area contributed by atoms with Gasteiger partial charge in [-0.2, -0.15) is 9.57 Å². The van der Waals surface area contributed by atoms with E-state index in [2.05, 4.69) is 0 Å². The third-order valence-electron chi connectivity index (χ3n) is 2.77. The van der Waals surface area contributed by atoms with Crippen LogP contribution in [-0.4, -0.2) is 25.8 Å². The number of nitriles is 1. The minimum Gasteiger partial charge on any atom is -0.207 e. The summed E-state index contributed by atoms with van der Waals surface area (Å²) in [4.78, 5) is 0.289. The summed E-state index contributed by atoms with van der Waals surface area (Å²) in [7, 11) is -3.43. The fourth-order valence-corrected chi connectivity index (χ4v) is 3.44. The lowest BCUT2D eigenvalue weighted by atomic mass is 10.2. The van der Waals surface area contributed by atoms with Crippen LogP contribution in [0, 0.1) is 17.2 Å². The molecule has 0 spiro atoms. The average Bonchev–Trinajstić information content (AvgIpc) is 2.36. The van der Waals surface area contributed by atoms with Crippen molar-refractivity contribution in [1.82, 2.24) is 4.31 Å². The van der Waals surface area contributed by atoms with Crippen molar-refractivity contribution in [2.45, 2.75) is 32.1 Å². The lowest BCUT2D eigenvalue weighted by Gasteiger charge is -2.22. The molecule has 0 bridgehead atoms. The van der Waals surface area contributed by atoms with E-state index in [9.17, 15) is 8.42 Å². The van der Waals surface area contributed by atoms with Crippen molar-refractivity contribution < 1.29 is 8.42 Å². The first-order valence-corrected chi connectivity index (χ1v) is 7.81. The molecule has 0 aliphatic carbocycles. The molecule has 1 aromatic rings. The Morgan fingerprint density at radius 1 is 1.26 bits per heavy atom. The van der Waals surface area contributed by atoms with Crippen LogP contribution in [0.5, 0.6) is 0 Å². The van der Waals surface area contributed by atoms with E-state index in [1.807, 2.05) is 26.8 Å². The van der Waals surface area contributed by atoms with E-state index in [0.717, 1.165) is 5.56 Å². The zero-order valence-electron chi connectivity index (χ0n) is 11.6. The van der Waals surface area contributed by atoms with Crippen LogP contribution >= 0.6 is 0 Å². The number of sulfonamides is 1. The summed E-state index contributed by atoms with van der Waals surface area (Å²) in [6, 6.07) is 8.58. The predicted octanol–water partition coefficient (Wildman–Crippen LogP) is 2.42. The molecule has 0 aromatic heterocycles. The highest BCUT2D eigenvalue weighted by Gasteiger charge is 2.23. The molecule has 104 valence electrons. The Morgan fingerprint density at radius 2 is 1.84 bits per heavy atom. The molecule has 0 saturated carbocycles. The molecule has 0 saturated heterocycles. The topological polar surface area (TPSA) is 61.2 Å². The SMILES string of the molecule is CCN(CC(C)C)S(=O)(=O)c1ccc(CC#N)cc1. The van der Waals surface area contributed by atoms with Gasteiger partial charge in [-0.05, 0) is 23.6 Å². The monoisotopic (exact) mass is 280 g/mol. The normalized spacial score (nSPS) is 11.8. The van der Waals surface area contributed by atoms with Gasteiger partial charge in [0.25, 0.3) is 0 Å². The first kappa shape index (κ1) is 15.7. The van der Waals surface area contributed by atoms with Crippen molar-refractivity contribution in [3.8, 4) is 6.07 Å². The number of nitrogens with zero attached hydrogens (tertiary/aromatic N) is 2. The maximum Gasteiger partial charge on any atom is 0.243 e.